The van der Waals surface area contributed by atoms with Gasteiger partial charge in [-0.3, -0.25) is 9.36 Å². The number of aromatic nitrogens is 4. The van der Waals surface area contributed by atoms with Crippen LogP contribution in [-0.4, -0.2) is 78.5 Å². The van der Waals surface area contributed by atoms with Gasteiger partial charge in [0.25, 0.3) is 5.56 Å². The van der Waals surface area contributed by atoms with Crippen LogP contribution in [-0.2, 0) is 31.3 Å². The molecule has 0 unspecified atom stereocenters. The van der Waals surface area contributed by atoms with Crippen molar-refractivity contribution in [2.75, 3.05) is 27.6 Å². The molecule has 3 heterocycles. The molecule has 0 spiro atoms. The number of hydrogen-bond donors (Lipinski definition) is 1. The number of hydrogen-bond acceptors (Lipinski definition) is 10. The van der Waals surface area contributed by atoms with Crippen LogP contribution in [0.15, 0.2) is 96.3 Å². The van der Waals surface area contributed by atoms with Gasteiger partial charge >= 0.3 is 0 Å². The Morgan fingerprint density at radius 1 is 0.800 bits per heavy atom. The molecule has 5 aromatic rings. The summed E-state index contributed by atoms with van der Waals surface area (Å²) < 4.78 is 41.2. The van der Waals surface area contributed by atoms with Crippen molar-refractivity contribution in [3.05, 3.63) is 119 Å². The zero-order chi connectivity index (χ0) is 39.5. The van der Waals surface area contributed by atoms with Gasteiger partial charge in [-0.15, -0.1) is 0 Å². The number of fused-ring (bicyclic) bond motifs is 1. The lowest BCUT2D eigenvalue weighted by Gasteiger charge is -2.42. The molecule has 294 valence electrons. The van der Waals surface area contributed by atoms with Crippen LogP contribution in [0.25, 0.3) is 11.2 Å². The number of nitrogens with zero attached hydrogens (tertiary/aromatic N) is 4. The third-order valence-corrected chi connectivity index (χ3v) is 17.2. The third-order valence-electron chi connectivity index (χ3n) is 11.1. The molecule has 2 aromatic heterocycles. The first-order chi connectivity index (χ1) is 26.4. The van der Waals surface area contributed by atoms with E-state index < -0.39 is 38.5 Å². The van der Waals surface area contributed by atoms with Crippen LogP contribution < -0.4 is 15.0 Å². The van der Waals surface area contributed by atoms with E-state index in [1.807, 2.05) is 78.9 Å². The number of imidazole rings is 1. The third kappa shape index (κ3) is 7.49. The minimum atomic E-state index is -2.32. The van der Waals surface area contributed by atoms with Crippen molar-refractivity contribution >= 4 is 19.5 Å². The van der Waals surface area contributed by atoms with E-state index in [9.17, 15) is 9.90 Å². The SMILES string of the molecule is COc1ccc(C(OC[C@H]2O[C@@H](n3cnc4c(=O)n(C)cnc43)[C@H](OCO[Si](C(C)C)(C(C)C)C(C)C)[C@@H]2O)(c2ccccc2)c2ccc(OC)cc2)cc1. The van der Waals surface area contributed by atoms with Crippen molar-refractivity contribution in [2.45, 2.75) is 88.3 Å². The monoisotopic (exact) mass is 770 g/mol. The minimum absolute atomic E-state index is 0.0383. The van der Waals surface area contributed by atoms with Gasteiger partial charge in [0.15, 0.2) is 17.4 Å². The van der Waals surface area contributed by atoms with Crippen molar-refractivity contribution in [2.24, 2.45) is 7.05 Å². The van der Waals surface area contributed by atoms with E-state index in [1.54, 1.807) is 25.8 Å². The van der Waals surface area contributed by atoms with Gasteiger partial charge < -0.3 is 37.8 Å². The number of methoxy groups -OCH3 is 2. The highest BCUT2D eigenvalue weighted by Crippen LogP contribution is 2.45. The van der Waals surface area contributed by atoms with Crippen molar-refractivity contribution < 1.29 is 33.2 Å². The van der Waals surface area contributed by atoms with E-state index in [-0.39, 0.29) is 24.5 Å². The van der Waals surface area contributed by atoms with E-state index in [2.05, 4.69) is 51.5 Å². The molecule has 6 rings (SSSR count). The molecule has 0 bridgehead atoms. The molecule has 0 amide bonds. The van der Waals surface area contributed by atoms with Gasteiger partial charge in [0.1, 0.15) is 42.2 Å². The maximum Gasteiger partial charge on any atom is 0.281 e. The summed E-state index contributed by atoms with van der Waals surface area (Å²) in [7, 11) is 2.57. The largest absolute Gasteiger partial charge is 0.497 e. The minimum Gasteiger partial charge on any atom is -0.497 e. The number of aliphatic hydroxyl groups excluding tert-OH is 1. The maximum absolute atomic E-state index is 13.0. The molecule has 0 aliphatic carbocycles. The average molecular weight is 771 g/mol. The number of aryl methyl sites for hydroxylation is 1. The summed E-state index contributed by atoms with van der Waals surface area (Å²) in [6.45, 7) is 13.2. The van der Waals surface area contributed by atoms with Crippen LogP contribution in [0.1, 0.15) is 64.5 Å². The number of aliphatic hydroxyl groups is 1. The molecule has 4 atom stereocenters. The van der Waals surface area contributed by atoms with Crippen LogP contribution in [0, 0.1) is 0 Å². The highest BCUT2D eigenvalue weighted by molar-refractivity contribution is 6.77. The summed E-state index contributed by atoms with van der Waals surface area (Å²) in [5.74, 6) is 1.41. The second-order valence-electron chi connectivity index (χ2n) is 15.1. The van der Waals surface area contributed by atoms with Crippen LogP contribution in [0.3, 0.4) is 0 Å². The second kappa shape index (κ2) is 16.8. The molecule has 0 radical (unpaired) electrons. The topological polar surface area (TPSA) is 128 Å². The zero-order valence-electron chi connectivity index (χ0n) is 33.2. The number of rotatable bonds is 16. The molecule has 3 aromatic carbocycles. The molecule has 12 nitrogen and oxygen atoms in total. The Morgan fingerprint density at radius 3 is 1.87 bits per heavy atom. The van der Waals surface area contributed by atoms with Crippen molar-refractivity contribution in [3.63, 3.8) is 0 Å². The lowest BCUT2D eigenvalue weighted by Crippen LogP contribution is -2.49. The fourth-order valence-corrected chi connectivity index (χ4v) is 13.7. The Morgan fingerprint density at radius 2 is 1.35 bits per heavy atom. The van der Waals surface area contributed by atoms with Crippen LogP contribution in [0.4, 0.5) is 0 Å². The molecule has 1 saturated heterocycles. The predicted octanol–water partition coefficient (Wildman–Crippen LogP) is 6.95. The number of benzene rings is 3. The summed E-state index contributed by atoms with van der Waals surface area (Å²) in [6, 6.07) is 25.4. The summed E-state index contributed by atoms with van der Waals surface area (Å²) in [6.07, 6.45) is -0.900. The van der Waals surface area contributed by atoms with Gasteiger partial charge in [0.05, 0.1) is 33.5 Å². The normalized spacial score (nSPS) is 19.2. The second-order valence-corrected chi connectivity index (χ2v) is 20.5. The van der Waals surface area contributed by atoms with E-state index in [0.717, 1.165) is 16.7 Å². The molecular formula is C42H54N4O8Si. The van der Waals surface area contributed by atoms with Crippen molar-refractivity contribution in [1.29, 1.82) is 0 Å². The van der Waals surface area contributed by atoms with Crippen molar-refractivity contribution in [3.8, 4) is 11.5 Å². The molecular weight excluding hydrogens is 717 g/mol. The van der Waals surface area contributed by atoms with Gasteiger partial charge in [-0.1, -0.05) is 96.1 Å². The van der Waals surface area contributed by atoms with Crippen LogP contribution >= 0.6 is 0 Å². The molecule has 1 fully saturated rings. The van der Waals surface area contributed by atoms with Gasteiger partial charge in [0, 0.05) is 7.05 Å². The maximum atomic E-state index is 13.0. The molecule has 0 saturated carbocycles. The van der Waals surface area contributed by atoms with Crippen LogP contribution in [0.2, 0.25) is 16.6 Å². The zero-order valence-corrected chi connectivity index (χ0v) is 34.2. The Hall–Kier alpha value is -4.37. The van der Waals surface area contributed by atoms with Crippen molar-refractivity contribution in [1.82, 2.24) is 19.1 Å². The lowest BCUT2D eigenvalue weighted by molar-refractivity contribution is -0.114. The fourth-order valence-electron chi connectivity index (χ4n) is 8.44. The summed E-state index contributed by atoms with van der Waals surface area (Å²) in [5, 5.41) is 12.2. The van der Waals surface area contributed by atoms with Gasteiger partial charge in [0.2, 0.25) is 8.32 Å². The highest BCUT2D eigenvalue weighted by atomic mass is 28.4. The summed E-state index contributed by atoms with van der Waals surface area (Å²) >= 11 is 0. The van der Waals surface area contributed by atoms with E-state index in [0.29, 0.717) is 33.8 Å². The van der Waals surface area contributed by atoms with Gasteiger partial charge in [-0.2, -0.15) is 0 Å². The average Bonchev–Trinajstić information content (AvgIpc) is 3.76. The molecule has 1 N–H and O–H groups in total. The summed E-state index contributed by atoms with van der Waals surface area (Å²) in [5.41, 5.74) is 2.61. The molecule has 13 heteroatoms. The standard InChI is InChI=1S/C42H54N4O8Si/c1-27(2)55(28(3)4,29(5)6)53-26-51-38-37(47)35(54-41(38)46-25-43-36-39(46)44-24-45(7)40(36)48)23-52-42(30-13-11-10-12-14-30,31-15-19-33(49-8)20-16-31)32-17-21-34(50-9)22-18-32/h10-22,24-25,27-29,35,37-38,41,47H,23,26H2,1-9H3/t35-,37-,38-,41-/m1/s1. The smallest absolute Gasteiger partial charge is 0.281 e. The Bertz CT molecular complexity index is 2000. The van der Waals surface area contributed by atoms with Gasteiger partial charge in [-0.25, -0.2) is 9.97 Å². The first kappa shape index (κ1) is 40.3. The molecule has 1 aliphatic rings. The highest BCUT2D eigenvalue weighted by Gasteiger charge is 2.50. The first-order valence-electron chi connectivity index (χ1n) is 18.8. The number of ether oxygens (including phenoxy) is 5. The first-order valence-corrected chi connectivity index (χ1v) is 21.0. The van der Waals surface area contributed by atoms with E-state index in [4.69, 9.17) is 28.1 Å². The Balaban J connectivity index is 1.40. The fraction of sp³-hybridized carbons (Fsp3) is 0.452. The lowest BCUT2D eigenvalue weighted by atomic mass is 9.80. The Labute approximate surface area is 324 Å². The van der Waals surface area contributed by atoms with E-state index >= 15 is 0 Å². The summed E-state index contributed by atoms with van der Waals surface area (Å²) in [4.78, 5) is 21.9. The van der Waals surface area contributed by atoms with Gasteiger partial charge in [-0.05, 0) is 57.6 Å². The predicted molar refractivity (Wildman–Crippen MR) is 213 cm³/mol. The van der Waals surface area contributed by atoms with E-state index in [1.165, 1.54) is 17.2 Å². The molecule has 1 aliphatic heterocycles. The quantitative estimate of drug-likeness (QED) is 0.0640. The van der Waals surface area contributed by atoms with Crippen LogP contribution in [0.5, 0.6) is 11.5 Å². The molecule has 55 heavy (non-hydrogen) atoms. The Kier molecular flexibility index (Phi) is 12.3.